The average Bonchev–Trinajstić information content (AvgIpc) is 2.71. The second kappa shape index (κ2) is 9.51. The molecule has 30 heavy (non-hydrogen) atoms. The molecular formula is C22H20Cl2N2O3S. The fourth-order valence-electron chi connectivity index (χ4n) is 2.81. The predicted octanol–water partition coefficient (Wildman–Crippen LogP) is 5.54. The molecule has 0 bridgehead atoms. The number of benzene rings is 3. The highest BCUT2D eigenvalue weighted by Crippen LogP contribution is 2.26. The monoisotopic (exact) mass is 462 g/mol. The maximum Gasteiger partial charge on any atom is 0.261 e. The molecule has 0 fully saturated rings. The summed E-state index contributed by atoms with van der Waals surface area (Å²) in [6.07, 6.45) is 1.07. The third-order valence-corrected chi connectivity index (χ3v) is 6.51. The van der Waals surface area contributed by atoms with Gasteiger partial charge in [-0.25, -0.2) is 8.42 Å². The molecule has 3 rings (SSSR count). The number of hydrogen-bond acceptors (Lipinski definition) is 3. The van der Waals surface area contributed by atoms with Gasteiger partial charge < -0.3 is 5.32 Å². The van der Waals surface area contributed by atoms with Gasteiger partial charge in [0.05, 0.1) is 21.4 Å². The first kappa shape index (κ1) is 22.2. The summed E-state index contributed by atoms with van der Waals surface area (Å²) in [5.74, 6) is -0.146. The molecule has 0 heterocycles. The maximum absolute atomic E-state index is 12.5. The SMILES string of the molecule is CCc1cccc(NC(=O)Cc2ccc(NS(=O)(=O)c3ccc(Cl)c(Cl)c3)cc2)c1. The Labute approximate surface area is 186 Å². The fraction of sp³-hybridized carbons (Fsp3) is 0.136. The summed E-state index contributed by atoms with van der Waals surface area (Å²) in [6.45, 7) is 2.05. The zero-order valence-electron chi connectivity index (χ0n) is 16.2. The first-order valence-corrected chi connectivity index (χ1v) is 11.5. The van der Waals surface area contributed by atoms with Crippen molar-refractivity contribution in [3.8, 4) is 0 Å². The van der Waals surface area contributed by atoms with Crippen LogP contribution in [0.2, 0.25) is 10.0 Å². The molecule has 3 aromatic carbocycles. The summed E-state index contributed by atoms with van der Waals surface area (Å²) in [4.78, 5) is 12.3. The summed E-state index contributed by atoms with van der Waals surface area (Å²) >= 11 is 11.7. The Morgan fingerprint density at radius 3 is 2.27 bits per heavy atom. The highest BCUT2D eigenvalue weighted by atomic mass is 35.5. The van der Waals surface area contributed by atoms with Crippen LogP contribution in [0.4, 0.5) is 11.4 Å². The molecule has 0 aliphatic heterocycles. The standard InChI is InChI=1S/C22H20Cl2N2O3S/c1-2-15-4-3-5-18(12-15)25-22(27)13-16-6-8-17(9-7-16)26-30(28,29)19-10-11-20(23)21(24)14-19/h3-12,14,26H,2,13H2,1H3,(H,25,27). The summed E-state index contributed by atoms with van der Waals surface area (Å²) in [6, 6.07) is 18.4. The van der Waals surface area contributed by atoms with E-state index in [9.17, 15) is 13.2 Å². The van der Waals surface area contributed by atoms with Crippen LogP contribution < -0.4 is 10.0 Å². The zero-order valence-corrected chi connectivity index (χ0v) is 18.5. The Morgan fingerprint density at radius 2 is 1.60 bits per heavy atom. The number of nitrogens with one attached hydrogen (secondary N) is 2. The molecule has 3 aromatic rings. The molecule has 8 heteroatoms. The number of anilines is 2. The minimum absolute atomic E-state index is 0.00895. The van der Waals surface area contributed by atoms with Crippen LogP contribution in [0.3, 0.4) is 0 Å². The van der Waals surface area contributed by atoms with Gasteiger partial charge in [0.15, 0.2) is 0 Å². The molecule has 5 nitrogen and oxygen atoms in total. The highest BCUT2D eigenvalue weighted by molar-refractivity contribution is 7.92. The third kappa shape index (κ3) is 5.75. The number of rotatable bonds is 7. The fourth-order valence-corrected chi connectivity index (χ4v) is 4.26. The quantitative estimate of drug-likeness (QED) is 0.483. The summed E-state index contributed by atoms with van der Waals surface area (Å²) in [5, 5.41) is 3.31. The van der Waals surface area contributed by atoms with Crippen molar-refractivity contribution in [1.82, 2.24) is 0 Å². The number of hydrogen-bond donors (Lipinski definition) is 2. The van der Waals surface area contributed by atoms with Crippen LogP contribution in [0.1, 0.15) is 18.1 Å². The van der Waals surface area contributed by atoms with Crippen LogP contribution in [-0.4, -0.2) is 14.3 Å². The third-order valence-electron chi connectivity index (χ3n) is 4.39. The van der Waals surface area contributed by atoms with Gasteiger partial charge in [-0.05, 0) is 60.0 Å². The lowest BCUT2D eigenvalue weighted by molar-refractivity contribution is -0.115. The van der Waals surface area contributed by atoms with Crippen molar-refractivity contribution in [2.45, 2.75) is 24.7 Å². The Kier molecular flexibility index (Phi) is 7.02. The van der Waals surface area contributed by atoms with E-state index < -0.39 is 10.0 Å². The van der Waals surface area contributed by atoms with Crippen molar-refractivity contribution < 1.29 is 13.2 Å². The molecule has 0 unspecified atom stereocenters. The Bertz CT molecular complexity index is 1160. The van der Waals surface area contributed by atoms with E-state index in [0.29, 0.717) is 5.69 Å². The normalized spacial score (nSPS) is 11.2. The summed E-state index contributed by atoms with van der Waals surface area (Å²) < 4.78 is 27.5. The van der Waals surface area contributed by atoms with E-state index in [4.69, 9.17) is 23.2 Å². The van der Waals surface area contributed by atoms with Gasteiger partial charge in [-0.1, -0.05) is 54.4 Å². The summed E-state index contributed by atoms with van der Waals surface area (Å²) in [5.41, 5.74) is 3.04. The van der Waals surface area contributed by atoms with Gasteiger partial charge in [-0.15, -0.1) is 0 Å². The van der Waals surface area contributed by atoms with Crippen LogP contribution in [0.25, 0.3) is 0 Å². The lowest BCUT2D eigenvalue weighted by atomic mass is 10.1. The largest absolute Gasteiger partial charge is 0.326 e. The van der Waals surface area contributed by atoms with Gasteiger partial charge in [-0.3, -0.25) is 9.52 Å². The van der Waals surface area contributed by atoms with Gasteiger partial charge in [-0.2, -0.15) is 0 Å². The van der Waals surface area contributed by atoms with Gasteiger partial charge in [0.1, 0.15) is 0 Å². The topological polar surface area (TPSA) is 75.3 Å². The molecule has 0 aliphatic rings. The maximum atomic E-state index is 12.5. The van der Waals surface area contributed by atoms with Crippen molar-refractivity contribution in [2.75, 3.05) is 10.0 Å². The van der Waals surface area contributed by atoms with E-state index in [0.717, 1.165) is 23.2 Å². The average molecular weight is 463 g/mol. The lowest BCUT2D eigenvalue weighted by Crippen LogP contribution is -2.15. The van der Waals surface area contributed by atoms with Gasteiger partial charge in [0.25, 0.3) is 10.0 Å². The van der Waals surface area contributed by atoms with Crippen molar-refractivity contribution in [3.63, 3.8) is 0 Å². The number of sulfonamides is 1. The Morgan fingerprint density at radius 1 is 0.867 bits per heavy atom. The number of carbonyl (C=O) groups is 1. The van der Waals surface area contributed by atoms with Crippen molar-refractivity contribution >= 4 is 50.5 Å². The van der Waals surface area contributed by atoms with Crippen LogP contribution >= 0.6 is 23.2 Å². The summed E-state index contributed by atoms with van der Waals surface area (Å²) in [7, 11) is -3.81. The molecule has 0 radical (unpaired) electrons. The van der Waals surface area contributed by atoms with Gasteiger partial charge in [0.2, 0.25) is 5.91 Å². The molecule has 0 atom stereocenters. The molecular weight excluding hydrogens is 443 g/mol. The lowest BCUT2D eigenvalue weighted by Gasteiger charge is -2.10. The Hall–Kier alpha value is -2.54. The molecule has 0 spiro atoms. The van der Waals surface area contributed by atoms with E-state index in [1.54, 1.807) is 24.3 Å². The second-order valence-corrected chi connectivity index (χ2v) is 9.15. The van der Waals surface area contributed by atoms with Crippen molar-refractivity contribution in [3.05, 3.63) is 87.9 Å². The first-order valence-electron chi connectivity index (χ1n) is 9.22. The van der Waals surface area contributed by atoms with Crippen LogP contribution in [-0.2, 0) is 27.7 Å². The van der Waals surface area contributed by atoms with Crippen LogP contribution in [0, 0.1) is 0 Å². The predicted molar refractivity (Wildman–Crippen MR) is 122 cm³/mol. The van der Waals surface area contributed by atoms with E-state index in [1.165, 1.54) is 18.2 Å². The van der Waals surface area contributed by atoms with Gasteiger partial charge >= 0.3 is 0 Å². The molecule has 1 amide bonds. The number of amides is 1. The minimum atomic E-state index is -3.81. The number of halogens is 2. The molecule has 2 N–H and O–H groups in total. The number of carbonyl (C=O) groups excluding carboxylic acids is 1. The minimum Gasteiger partial charge on any atom is -0.326 e. The smallest absolute Gasteiger partial charge is 0.261 e. The van der Waals surface area contributed by atoms with Crippen molar-refractivity contribution in [1.29, 1.82) is 0 Å². The van der Waals surface area contributed by atoms with Crippen LogP contribution in [0.5, 0.6) is 0 Å². The molecule has 0 aliphatic carbocycles. The highest BCUT2D eigenvalue weighted by Gasteiger charge is 2.16. The van der Waals surface area contributed by atoms with E-state index >= 15 is 0 Å². The van der Waals surface area contributed by atoms with E-state index in [2.05, 4.69) is 17.0 Å². The molecule has 0 aromatic heterocycles. The van der Waals surface area contributed by atoms with E-state index in [1.807, 2.05) is 24.3 Å². The van der Waals surface area contributed by atoms with Crippen LogP contribution in [0.15, 0.2) is 71.6 Å². The molecule has 0 saturated heterocycles. The van der Waals surface area contributed by atoms with E-state index in [-0.39, 0.29) is 27.3 Å². The second-order valence-electron chi connectivity index (χ2n) is 6.66. The van der Waals surface area contributed by atoms with Crippen molar-refractivity contribution in [2.24, 2.45) is 0 Å². The molecule has 156 valence electrons. The van der Waals surface area contributed by atoms with Gasteiger partial charge in [0, 0.05) is 11.4 Å². The first-order chi connectivity index (χ1) is 14.3. The number of aryl methyl sites for hydroxylation is 1. The zero-order chi connectivity index (χ0) is 21.7. The molecule has 0 saturated carbocycles. The Balaban J connectivity index is 1.64.